The fourth-order valence-corrected chi connectivity index (χ4v) is 4.26. The fourth-order valence-electron chi connectivity index (χ4n) is 4.26. The molecule has 0 aliphatic carbocycles. The smallest absolute Gasteiger partial charge is 0.416 e. The molecule has 2 fully saturated rings. The van der Waals surface area contributed by atoms with Gasteiger partial charge in [-0.2, -0.15) is 13.2 Å². The van der Waals surface area contributed by atoms with E-state index < -0.39 is 17.5 Å². The quantitative estimate of drug-likeness (QED) is 0.623. The van der Waals surface area contributed by atoms with Crippen molar-refractivity contribution in [3.63, 3.8) is 0 Å². The third kappa shape index (κ3) is 5.36. The Hall–Kier alpha value is -2.92. The number of amides is 1. The van der Waals surface area contributed by atoms with Crippen molar-refractivity contribution in [3.8, 4) is 17.0 Å². The third-order valence-corrected chi connectivity index (χ3v) is 6.04. The number of aromatic nitrogens is 2. The first-order valence-electron chi connectivity index (χ1n) is 10.9. The normalized spacial score (nSPS) is 19.9. The van der Waals surface area contributed by atoms with E-state index in [0.717, 1.165) is 25.5 Å². The molecule has 0 saturated carbocycles. The number of aryl methyl sites for hydroxylation is 1. The summed E-state index contributed by atoms with van der Waals surface area (Å²) >= 11 is 0. The van der Waals surface area contributed by atoms with Crippen molar-refractivity contribution in [2.75, 3.05) is 38.0 Å². The number of likely N-dealkylation sites (tertiary alicyclic amines) is 2. The van der Waals surface area contributed by atoms with Crippen LogP contribution in [0.15, 0.2) is 24.3 Å². The van der Waals surface area contributed by atoms with Crippen LogP contribution in [0.25, 0.3) is 11.3 Å². The highest BCUT2D eigenvalue weighted by Gasteiger charge is 2.32. The molecule has 0 unspecified atom stereocenters. The number of halogens is 3. The molecule has 0 spiro atoms. The molecular formula is C22H27F3N6O2. The van der Waals surface area contributed by atoms with Crippen molar-refractivity contribution in [3.05, 3.63) is 35.4 Å². The largest absolute Gasteiger partial charge is 0.507 e. The predicted octanol–water partition coefficient (Wildman–Crippen LogP) is 2.22. The predicted molar refractivity (Wildman–Crippen MR) is 117 cm³/mol. The second-order valence-electron chi connectivity index (χ2n) is 8.77. The number of hydrogen-bond acceptors (Lipinski definition) is 7. The molecule has 4 rings (SSSR count). The molecule has 11 heteroatoms. The number of nitrogens with one attached hydrogen (secondary N) is 1. The molecule has 2 aliphatic heterocycles. The van der Waals surface area contributed by atoms with Gasteiger partial charge in [-0.05, 0) is 56.1 Å². The van der Waals surface area contributed by atoms with Crippen LogP contribution in [0, 0.1) is 6.92 Å². The lowest BCUT2D eigenvalue weighted by molar-refractivity contribution is -0.138. The lowest BCUT2D eigenvalue weighted by Crippen LogP contribution is -2.60. The molecular weight excluding hydrogens is 437 g/mol. The topological polar surface area (TPSA) is 108 Å². The molecule has 2 aromatic rings. The van der Waals surface area contributed by atoms with Gasteiger partial charge in [-0.1, -0.05) is 0 Å². The zero-order valence-corrected chi connectivity index (χ0v) is 18.3. The van der Waals surface area contributed by atoms with E-state index in [1.807, 2.05) is 0 Å². The van der Waals surface area contributed by atoms with Crippen LogP contribution in [0.4, 0.5) is 19.0 Å². The number of nitrogens with two attached hydrogens (primary N) is 1. The van der Waals surface area contributed by atoms with E-state index in [-0.39, 0.29) is 23.6 Å². The Labute approximate surface area is 189 Å². The molecule has 1 amide bonds. The highest BCUT2D eigenvalue weighted by Crippen LogP contribution is 2.36. The molecule has 0 bridgehead atoms. The Balaban J connectivity index is 1.39. The number of carbonyl (C=O) groups excluding carboxylic acids is 1. The lowest BCUT2D eigenvalue weighted by Gasteiger charge is -2.39. The zero-order chi connectivity index (χ0) is 23.8. The fraction of sp³-hybridized carbons (Fsp3) is 0.500. The summed E-state index contributed by atoms with van der Waals surface area (Å²) in [6.07, 6.45) is -2.68. The standard InChI is InChI=1S/C22H27F3N6O2/c1-13-7-19(28-29-21(13)17-5-4-14(8-18(17)32)22(23,24)25)27-16-3-2-6-30(11-16)12-20(33)31-9-15(26)10-31/h4-5,7-8,15-16,32H,2-3,6,9-12,26H2,1H3,(H,27,28)/t16-/m1/s1. The van der Waals surface area contributed by atoms with Crippen LogP contribution in [-0.4, -0.2) is 75.8 Å². The van der Waals surface area contributed by atoms with Crippen molar-refractivity contribution in [1.29, 1.82) is 0 Å². The van der Waals surface area contributed by atoms with Gasteiger partial charge in [0.15, 0.2) is 0 Å². The maximum atomic E-state index is 12.9. The van der Waals surface area contributed by atoms with Gasteiger partial charge >= 0.3 is 6.18 Å². The Morgan fingerprint density at radius 3 is 2.64 bits per heavy atom. The maximum Gasteiger partial charge on any atom is 0.416 e. The van der Waals surface area contributed by atoms with Gasteiger partial charge in [0.1, 0.15) is 11.6 Å². The van der Waals surface area contributed by atoms with Crippen LogP contribution < -0.4 is 11.1 Å². The van der Waals surface area contributed by atoms with Crippen LogP contribution >= 0.6 is 0 Å². The molecule has 178 valence electrons. The van der Waals surface area contributed by atoms with Crippen LogP contribution in [0.1, 0.15) is 24.0 Å². The zero-order valence-electron chi connectivity index (χ0n) is 18.3. The number of carbonyl (C=O) groups is 1. The molecule has 2 saturated heterocycles. The molecule has 4 N–H and O–H groups in total. The van der Waals surface area contributed by atoms with Crippen LogP contribution in [-0.2, 0) is 11.0 Å². The van der Waals surface area contributed by atoms with Gasteiger partial charge in [0.25, 0.3) is 0 Å². The van der Waals surface area contributed by atoms with Crippen molar-refractivity contribution in [1.82, 2.24) is 20.0 Å². The number of piperidine rings is 1. The Bertz CT molecular complexity index is 1030. The average Bonchev–Trinajstić information content (AvgIpc) is 2.71. The van der Waals surface area contributed by atoms with Crippen molar-refractivity contribution in [2.24, 2.45) is 5.73 Å². The first kappa shape index (κ1) is 23.2. The molecule has 2 aliphatic rings. The molecule has 1 aromatic carbocycles. The molecule has 0 radical (unpaired) electrons. The summed E-state index contributed by atoms with van der Waals surface area (Å²) in [7, 11) is 0. The first-order valence-corrected chi connectivity index (χ1v) is 10.9. The minimum atomic E-state index is -4.54. The number of nitrogens with zero attached hydrogens (tertiary/aromatic N) is 4. The second-order valence-corrected chi connectivity index (χ2v) is 8.77. The molecule has 1 atom stereocenters. The maximum absolute atomic E-state index is 12.9. The van der Waals surface area contributed by atoms with E-state index in [0.29, 0.717) is 49.3 Å². The summed E-state index contributed by atoms with van der Waals surface area (Å²) in [4.78, 5) is 16.2. The van der Waals surface area contributed by atoms with Crippen LogP contribution in [0.3, 0.4) is 0 Å². The SMILES string of the molecule is Cc1cc(N[C@@H]2CCCN(CC(=O)N3CC(N)C3)C2)nnc1-c1ccc(C(F)(F)F)cc1O. The number of aromatic hydroxyl groups is 1. The summed E-state index contributed by atoms with van der Waals surface area (Å²) in [5, 5.41) is 21.8. The highest BCUT2D eigenvalue weighted by atomic mass is 19.4. The number of anilines is 1. The van der Waals surface area contributed by atoms with E-state index >= 15 is 0 Å². The van der Waals surface area contributed by atoms with Gasteiger partial charge in [-0.3, -0.25) is 9.69 Å². The molecule has 1 aromatic heterocycles. The van der Waals surface area contributed by atoms with Crippen molar-refractivity contribution in [2.45, 2.75) is 38.0 Å². The number of benzene rings is 1. The Morgan fingerprint density at radius 2 is 2.00 bits per heavy atom. The lowest BCUT2D eigenvalue weighted by atomic mass is 10.0. The molecule has 8 nitrogen and oxygen atoms in total. The number of phenols is 1. The minimum Gasteiger partial charge on any atom is -0.507 e. The monoisotopic (exact) mass is 464 g/mol. The Kier molecular flexibility index (Phi) is 6.44. The average molecular weight is 464 g/mol. The van der Waals surface area contributed by atoms with Gasteiger partial charge in [-0.25, -0.2) is 0 Å². The number of phenolic OH excluding ortho intramolecular Hbond substituents is 1. The van der Waals surface area contributed by atoms with Gasteiger partial charge in [0.05, 0.1) is 17.8 Å². The number of rotatable bonds is 5. The number of hydrogen-bond donors (Lipinski definition) is 3. The summed E-state index contributed by atoms with van der Waals surface area (Å²) < 4.78 is 38.6. The minimum absolute atomic E-state index is 0.0824. The second kappa shape index (κ2) is 9.14. The van der Waals surface area contributed by atoms with E-state index in [1.54, 1.807) is 17.9 Å². The summed E-state index contributed by atoms with van der Waals surface area (Å²) in [6.45, 7) is 4.89. The van der Waals surface area contributed by atoms with Crippen molar-refractivity contribution < 1.29 is 23.1 Å². The Morgan fingerprint density at radius 1 is 1.24 bits per heavy atom. The van der Waals surface area contributed by atoms with Gasteiger partial charge in [0.2, 0.25) is 5.91 Å². The van der Waals surface area contributed by atoms with E-state index in [9.17, 15) is 23.1 Å². The van der Waals surface area contributed by atoms with Crippen LogP contribution in [0.2, 0.25) is 0 Å². The van der Waals surface area contributed by atoms with Gasteiger partial charge in [-0.15, -0.1) is 10.2 Å². The van der Waals surface area contributed by atoms with Crippen LogP contribution in [0.5, 0.6) is 5.75 Å². The molecule has 33 heavy (non-hydrogen) atoms. The summed E-state index contributed by atoms with van der Waals surface area (Å²) in [5.74, 6) is 0.127. The van der Waals surface area contributed by atoms with E-state index in [1.165, 1.54) is 6.07 Å². The summed E-state index contributed by atoms with van der Waals surface area (Å²) in [5.41, 5.74) is 5.99. The van der Waals surface area contributed by atoms with E-state index in [4.69, 9.17) is 5.73 Å². The van der Waals surface area contributed by atoms with E-state index in [2.05, 4.69) is 20.4 Å². The first-order chi connectivity index (χ1) is 15.6. The number of alkyl halides is 3. The van der Waals surface area contributed by atoms with Crippen molar-refractivity contribution >= 4 is 11.7 Å². The third-order valence-electron chi connectivity index (χ3n) is 6.04. The summed E-state index contributed by atoms with van der Waals surface area (Å²) in [6, 6.07) is 4.72. The van der Waals surface area contributed by atoms with Gasteiger partial charge < -0.3 is 21.1 Å². The molecule has 3 heterocycles. The van der Waals surface area contributed by atoms with Gasteiger partial charge in [0, 0.05) is 37.3 Å². The highest BCUT2D eigenvalue weighted by molar-refractivity contribution is 5.79.